The van der Waals surface area contributed by atoms with Crippen LogP contribution in [0.1, 0.15) is 0 Å². The number of anilines is 6. The minimum atomic E-state index is 1.03. The van der Waals surface area contributed by atoms with Gasteiger partial charge in [0.05, 0.1) is 0 Å². The van der Waals surface area contributed by atoms with E-state index in [-0.39, 0.29) is 0 Å². The third-order valence-corrected chi connectivity index (χ3v) is 8.05. The molecular formula is C36H26Br2N2. The van der Waals surface area contributed by atoms with Crippen LogP contribution in [0.15, 0.2) is 167 Å². The van der Waals surface area contributed by atoms with E-state index in [0.29, 0.717) is 0 Å². The third kappa shape index (κ3) is 5.46. The topological polar surface area (TPSA) is 6.48 Å². The second-order valence-electron chi connectivity index (χ2n) is 9.35. The van der Waals surface area contributed by atoms with Gasteiger partial charge in [0.1, 0.15) is 0 Å². The number of benzene rings is 6. The van der Waals surface area contributed by atoms with Crippen molar-refractivity contribution >= 4 is 66.0 Å². The molecule has 194 valence electrons. The van der Waals surface area contributed by atoms with Gasteiger partial charge in [0.25, 0.3) is 0 Å². The van der Waals surface area contributed by atoms with Crippen molar-refractivity contribution in [2.75, 3.05) is 9.80 Å². The quantitative estimate of drug-likeness (QED) is 0.170. The zero-order valence-corrected chi connectivity index (χ0v) is 24.8. The van der Waals surface area contributed by atoms with Gasteiger partial charge < -0.3 is 9.80 Å². The van der Waals surface area contributed by atoms with Crippen molar-refractivity contribution in [3.8, 4) is 11.1 Å². The summed E-state index contributed by atoms with van der Waals surface area (Å²) in [6, 6.07) is 55.1. The van der Waals surface area contributed by atoms with E-state index in [1.165, 1.54) is 0 Å². The molecule has 0 aliphatic heterocycles. The standard InChI is InChI=1S/C36H26Br2N2/c37-34-22-13-23-35(38)36(34)27-24-32(39(28-14-5-1-6-15-28)29-16-7-2-8-17-29)26-33(25-27)40(30-18-9-3-10-19-30)31-20-11-4-12-21-31/h1-26H. The lowest BCUT2D eigenvalue weighted by Crippen LogP contribution is -2.13. The molecule has 0 atom stereocenters. The van der Waals surface area contributed by atoms with Crippen LogP contribution in [-0.4, -0.2) is 0 Å². The molecule has 0 spiro atoms. The molecular weight excluding hydrogens is 620 g/mol. The van der Waals surface area contributed by atoms with Crippen molar-refractivity contribution in [3.63, 3.8) is 0 Å². The van der Waals surface area contributed by atoms with Gasteiger partial charge in [-0.25, -0.2) is 0 Å². The summed E-state index contributed by atoms with van der Waals surface area (Å²) in [7, 11) is 0. The van der Waals surface area contributed by atoms with Gasteiger partial charge in [-0.3, -0.25) is 0 Å². The molecule has 4 heteroatoms. The first-order valence-electron chi connectivity index (χ1n) is 13.1. The molecule has 6 aromatic carbocycles. The van der Waals surface area contributed by atoms with E-state index in [2.05, 4.69) is 193 Å². The van der Waals surface area contributed by atoms with Crippen LogP contribution in [0.4, 0.5) is 34.1 Å². The van der Waals surface area contributed by atoms with Gasteiger partial charge in [-0.15, -0.1) is 0 Å². The van der Waals surface area contributed by atoms with E-state index in [1.54, 1.807) is 0 Å². The summed E-state index contributed by atoms with van der Waals surface area (Å²) >= 11 is 7.66. The van der Waals surface area contributed by atoms with Gasteiger partial charge in [-0.1, -0.05) is 111 Å². The number of para-hydroxylation sites is 4. The summed E-state index contributed by atoms with van der Waals surface area (Å²) in [5.74, 6) is 0. The first-order valence-corrected chi connectivity index (χ1v) is 14.7. The summed E-state index contributed by atoms with van der Waals surface area (Å²) < 4.78 is 2.06. The molecule has 0 aromatic heterocycles. The minimum absolute atomic E-state index is 1.03. The minimum Gasteiger partial charge on any atom is -0.310 e. The van der Waals surface area contributed by atoms with Crippen LogP contribution >= 0.6 is 31.9 Å². The van der Waals surface area contributed by atoms with Gasteiger partial charge in [0.15, 0.2) is 0 Å². The second kappa shape index (κ2) is 12.0. The maximum Gasteiger partial charge on any atom is 0.0488 e. The fourth-order valence-corrected chi connectivity index (χ4v) is 6.43. The zero-order valence-electron chi connectivity index (χ0n) is 21.7. The predicted molar refractivity (Wildman–Crippen MR) is 177 cm³/mol. The molecule has 0 aliphatic carbocycles. The molecule has 0 heterocycles. The number of nitrogens with zero attached hydrogens (tertiary/aromatic N) is 2. The van der Waals surface area contributed by atoms with E-state index >= 15 is 0 Å². The number of halogens is 2. The van der Waals surface area contributed by atoms with Crippen molar-refractivity contribution in [3.05, 3.63) is 167 Å². The Kier molecular flexibility index (Phi) is 7.80. The summed E-state index contributed by atoms with van der Waals surface area (Å²) in [6.07, 6.45) is 0. The summed E-state index contributed by atoms with van der Waals surface area (Å²) in [4.78, 5) is 4.62. The van der Waals surface area contributed by atoms with E-state index in [0.717, 1.165) is 54.2 Å². The lowest BCUT2D eigenvalue weighted by atomic mass is 10.0. The number of rotatable bonds is 7. The van der Waals surface area contributed by atoms with Crippen molar-refractivity contribution in [2.24, 2.45) is 0 Å². The Labute approximate surface area is 252 Å². The molecule has 0 unspecified atom stereocenters. The Bertz CT molecular complexity index is 1510. The van der Waals surface area contributed by atoms with Crippen molar-refractivity contribution in [1.29, 1.82) is 0 Å². The first kappa shape index (κ1) is 26.1. The monoisotopic (exact) mass is 644 g/mol. The molecule has 0 saturated heterocycles. The smallest absolute Gasteiger partial charge is 0.0488 e. The Morgan fingerprint density at radius 2 is 0.650 bits per heavy atom. The Balaban J connectivity index is 1.65. The second-order valence-corrected chi connectivity index (χ2v) is 11.1. The van der Waals surface area contributed by atoms with Crippen LogP contribution in [0, 0.1) is 0 Å². The largest absolute Gasteiger partial charge is 0.310 e. The Morgan fingerprint density at radius 3 is 0.975 bits per heavy atom. The summed E-state index contributed by atoms with van der Waals surface area (Å²) in [5.41, 5.74) is 8.69. The average Bonchev–Trinajstić information content (AvgIpc) is 3.00. The van der Waals surface area contributed by atoms with E-state index < -0.39 is 0 Å². The number of hydrogen-bond acceptors (Lipinski definition) is 2. The van der Waals surface area contributed by atoms with Crippen molar-refractivity contribution in [1.82, 2.24) is 0 Å². The summed E-state index contributed by atoms with van der Waals surface area (Å²) in [5, 5.41) is 0. The van der Waals surface area contributed by atoms with Crippen molar-refractivity contribution in [2.45, 2.75) is 0 Å². The van der Waals surface area contributed by atoms with Gasteiger partial charge in [0.2, 0.25) is 0 Å². The lowest BCUT2D eigenvalue weighted by molar-refractivity contribution is 1.25. The van der Waals surface area contributed by atoms with Gasteiger partial charge >= 0.3 is 0 Å². The van der Waals surface area contributed by atoms with Crippen molar-refractivity contribution < 1.29 is 0 Å². The molecule has 40 heavy (non-hydrogen) atoms. The highest BCUT2D eigenvalue weighted by Gasteiger charge is 2.20. The highest BCUT2D eigenvalue weighted by atomic mass is 79.9. The molecule has 0 aliphatic rings. The van der Waals surface area contributed by atoms with Crippen LogP contribution in [0.2, 0.25) is 0 Å². The maximum absolute atomic E-state index is 3.83. The van der Waals surface area contributed by atoms with E-state index in [1.807, 2.05) is 6.07 Å². The first-order chi connectivity index (χ1) is 19.7. The maximum atomic E-state index is 3.83. The van der Waals surface area contributed by atoms with E-state index in [4.69, 9.17) is 0 Å². The van der Waals surface area contributed by atoms with Gasteiger partial charge in [0, 0.05) is 48.6 Å². The molecule has 6 rings (SSSR count). The Morgan fingerprint density at radius 1 is 0.325 bits per heavy atom. The SMILES string of the molecule is Brc1cccc(Br)c1-c1cc(N(c2ccccc2)c2ccccc2)cc(N(c2ccccc2)c2ccccc2)c1. The van der Waals surface area contributed by atoms with E-state index in [9.17, 15) is 0 Å². The van der Waals surface area contributed by atoms with Crippen LogP contribution in [0.25, 0.3) is 11.1 Å². The lowest BCUT2D eigenvalue weighted by Gasteiger charge is -2.30. The number of hydrogen-bond donors (Lipinski definition) is 0. The molecule has 6 aromatic rings. The predicted octanol–water partition coefficient (Wildman–Crippen LogP) is 11.8. The highest BCUT2D eigenvalue weighted by Crippen LogP contribution is 2.45. The van der Waals surface area contributed by atoms with Crippen LogP contribution in [0.3, 0.4) is 0 Å². The zero-order chi connectivity index (χ0) is 27.3. The fraction of sp³-hybridized carbons (Fsp3) is 0. The molecule has 0 radical (unpaired) electrons. The van der Waals surface area contributed by atoms with Crippen LogP contribution in [-0.2, 0) is 0 Å². The molecule has 0 N–H and O–H groups in total. The molecule has 0 amide bonds. The van der Waals surface area contributed by atoms with Crippen LogP contribution < -0.4 is 9.80 Å². The summed E-state index contributed by atoms with van der Waals surface area (Å²) in [6.45, 7) is 0. The third-order valence-electron chi connectivity index (χ3n) is 6.73. The molecule has 0 fully saturated rings. The molecule has 2 nitrogen and oxygen atoms in total. The van der Waals surface area contributed by atoms with Gasteiger partial charge in [-0.2, -0.15) is 0 Å². The molecule has 0 saturated carbocycles. The molecule has 0 bridgehead atoms. The Hall–Kier alpha value is -4.12. The van der Waals surface area contributed by atoms with Crippen LogP contribution in [0.5, 0.6) is 0 Å². The highest BCUT2D eigenvalue weighted by molar-refractivity contribution is 9.11. The van der Waals surface area contributed by atoms with Gasteiger partial charge in [-0.05, 0) is 84.4 Å². The fourth-order valence-electron chi connectivity index (χ4n) is 4.97. The average molecular weight is 646 g/mol. The normalized spacial score (nSPS) is 10.8.